The van der Waals surface area contributed by atoms with Gasteiger partial charge in [0.1, 0.15) is 0 Å². The maximum absolute atomic E-state index is 12.5. The highest BCUT2D eigenvalue weighted by Crippen LogP contribution is 2.28. The zero-order chi connectivity index (χ0) is 16.5. The van der Waals surface area contributed by atoms with E-state index in [9.17, 15) is 9.59 Å². The Morgan fingerprint density at radius 2 is 1.42 bits per heavy atom. The summed E-state index contributed by atoms with van der Waals surface area (Å²) in [5.74, 6) is -0.506. The number of rotatable bonds is 3. The number of fused-ring (bicyclic) bond motifs is 1. The van der Waals surface area contributed by atoms with E-state index in [1.54, 1.807) is 24.3 Å². The van der Waals surface area contributed by atoms with E-state index in [1.807, 2.05) is 24.3 Å². The maximum atomic E-state index is 12.5. The predicted octanol–water partition coefficient (Wildman–Crippen LogP) is 2.32. The Kier molecular flexibility index (Phi) is 3.88. The molecule has 0 bridgehead atoms. The van der Waals surface area contributed by atoms with E-state index in [0.29, 0.717) is 16.8 Å². The van der Waals surface area contributed by atoms with Gasteiger partial charge in [-0.2, -0.15) is 0 Å². The Bertz CT molecular complexity index is 744. The van der Waals surface area contributed by atoms with E-state index in [0.717, 1.165) is 38.4 Å². The monoisotopic (exact) mass is 322 g/mol. The summed E-state index contributed by atoms with van der Waals surface area (Å²) in [7, 11) is 0. The lowest BCUT2D eigenvalue weighted by Gasteiger charge is -2.26. The number of amides is 2. The first-order valence-corrected chi connectivity index (χ1v) is 8.11. The molecule has 0 aromatic heterocycles. The lowest BCUT2D eigenvalue weighted by molar-refractivity contribution is 0.0342. The maximum Gasteiger partial charge on any atom is 0.266 e. The van der Waals surface area contributed by atoms with Crippen molar-refractivity contribution in [2.75, 3.05) is 31.2 Å². The fourth-order valence-electron chi connectivity index (χ4n) is 3.19. The van der Waals surface area contributed by atoms with Gasteiger partial charge in [0.25, 0.3) is 11.8 Å². The zero-order valence-electron chi connectivity index (χ0n) is 13.3. The number of morpholine rings is 1. The van der Waals surface area contributed by atoms with Gasteiger partial charge in [-0.15, -0.1) is 0 Å². The van der Waals surface area contributed by atoms with Crippen molar-refractivity contribution < 1.29 is 14.3 Å². The Labute approximate surface area is 140 Å². The molecule has 0 aliphatic carbocycles. The van der Waals surface area contributed by atoms with Crippen molar-refractivity contribution >= 4 is 17.5 Å². The van der Waals surface area contributed by atoms with Crippen molar-refractivity contribution in [3.63, 3.8) is 0 Å². The number of benzene rings is 2. The van der Waals surface area contributed by atoms with Crippen LogP contribution in [0.25, 0.3) is 0 Å². The van der Waals surface area contributed by atoms with Crippen LogP contribution in [0.5, 0.6) is 0 Å². The quantitative estimate of drug-likeness (QED) is 0.814. The van der Waals surface area contributed by atoms with Crippen molar-refractivity contribution in [1.82, 2.24) is 4.90 Å². The fourth-order valence-corrected chi connectivity index (χ4v) is 3.19. The highest BCUT2D eigenvalue weighted by Gasteiger charge is 2.36. The summed E-state index contributed by atoms with van der Waals surface area (Å²) in [6.07, 6.45) is 0. The summed E-state index contributed by atoms with van der Waals surface area (Å²) in [5.41, 5.74) is 2.73. The SMILES string of the molecule is O=C1c2ccccc2C(=O)N1c1ccc(CN2CCOCC2)cc1. The van der Waals surface area contributed by atoms with Crippen LogP contribution in [0.3, 0.4) is 0 Å². The van der Waals surface area contributed by atoms with Gasteiger partial charge in [-0.25, -0.2) is 4.90 Å². The van der Waals surface area contributed by atoms with E-state index in [2.05, 4.69) is 4.90 Å². The number of carbonyl (C=O) groups excluding carboxylic acids is 2. The zero-order valence-corrected chi connectivity index (χ0v) is 13.3. The third-order valence-electron chi connectivity index (χ3n) is 4.50. The van der Waals surface area contributed by atoms with Crippen LogP contribution in [-0.2, 0) is 11.3 Å². The van der Waals surface area contributed by atoms with E-state index in [4.69, 9.17) is 4.74 Å². The minimum absolute atomic E-state index is 0.253. The molecule has 4 rings (SSSR count). The Balaban J connectivity index is 1.53. The Morgan fingerprint density at radius 3 is 2.00 bits per heavy atom. The molecule has 2 aromatic carbocycles. The van der Waals surface area contributed by atoms with E-state index >= 15 is 0 Å². The molecule has 0 spiro atoms. The minimum Gasteiger partial charge on any atom is -0.379 e. The highest BCUT2D eigenvalue weighted by atomic mass is 16.5. The smallest absolute Gasteiger partial charge is 0.266 e. The summed E-state index contributed by atoms with van der Waals surface area (Å²) in [5, 5.41) is 0. The summed E-state index contributed by atoms with van der Waals surface area (Å²) in [6, 6.07) is 14.6. The van der Waals surface area contributed by atoms with Gasteiger partial charge in [-0.05, 0) is 29.8 Å². The first kappa shape index (κ1) is 15.1. The predicted molar refractivity (Wildman–Crippen MR) is 90.1 cm³/mol. The second-order valence-electron chi connectivity index (χ2n) is 6.05. The lowest BCUT2D eigenvalue weighted by atomic mass is 10.1. The number of hydrogen-bond donors (Lipinski definition) is 0. The minimum atomic E-state index is -0.253. The first-order chi connectivity index (χ1) is 11.7. The van der Waals surface area contributed by atoms with Crippen LogP contribution in [0.4, 0.5) is 5.69 Å². The van der Waals surface area contributed by atoms with Gasteiger partial charge in [0.2, 0.25) is 0 Å². The highest BCUT2D eigenvalue weighted by molar-refractivity contribution is 6.34. The Hall–Kier alpha value is -2.50. The van der Waals surface area contributed by atoms with Gasteiger partial charge in [-0.3, -0.25) is 14.5 Å². The van der Waals surface area contributed by atoms with Crippen LogP contribution < -0.4 is 4.90 Å². The van der Waals surface area contributed by atoms with Gasteiger partial charge in [0.15, 0.2) is 0 Å². The summed E-state index contributed by atoms with van der Waals surface area (Å²) in [6.45, 7) is 4.26. The molecule has 122 valence electrons. The molecular weight excluding hydrogens is 304 g/mol. The molecule has 0 unspecified atom stereocenters. The number of carbonyl (C=O) groups is 2. The van der Waals surface area contributed by atoms with Crippen LogP contribution >= 0.6 is 0 Å². The Morgan fingerprint density at radius 1 is 0.833 bits per heavy atom. The van der Waals surface area contributed by atoms with Crippen LogP contribution in [0.1, 0.15) is 26.3 Å². The van der Waals surface area contributed by atoms with E-state index in [-0.39, 0.29) is 11.8 Å². The topological polar surface area (TPSA) is 49.9 Å². The van der Waals surface area contributed by atoms with Crippen molar-refractivity contribution in [3.8, 4) is 0 Å². The van der Waals surface area contributed by atoms with Crippen LogP contribution in [0.2, 0.25) is 0 Å². The molecule has 5 nitrogen and oxygen atoms in total. The number of hydrogen-bond acceptors (Lipinski definition) is 4. The number of anilines is 1. The third kappa shape index (κ3) is 2.62. The molecule has 1 fully saturated rings. The van der Waals surface area contributed by atoms with Gasteiger partial charge in [0, 0.05) is 19.6 Å². The molecule has 2 aliphatic rings. The number of imide groups is 1. The normalized spacial score (nSPS) is 18.1. The molecule has 24 heavy (non-hydrogen) atoms. The van der Waals surface area contributed by atoms with E-state index in [1.165, 1.54) is 4.90 Å². The average Bonchev–Trinajstić information content (AvgIpc) is 2.88. The van der Waals surface area contributed by atoms with E-state index < -0.39 is 0 Å². The standard InChI is InChI=1S/C19H18N2O3/c22-18-16-3-1-2-4-17(16)19(23)21(18)15-7-5-14(6-8-15)13-20-9-11-24-12-10-20/h1-8H,9-13H2. The van der Waals surface area contributed by atoms with Gasteiger partial charge in [-0.1, -0.05) is 24.3 Å². The van der Waals surface area contributed by atoms with Gasteiger partial charge >= 0.3 is 0 Å². The fraction of sp³-hybridized carbons (Fsp3) is 0.263. The van der Waals surface area contributed by atoms with Crippen LogP contribution in [0.15, 0.2) is 48.5 Å². The second-order valence-corrected chi connectivity index (χ2v) is 6.05. The van der Waals surface area contributed by atoms with Crippen molar-refractivity contribution in [1.29, 1.82) is 0 Å². The van der Waals surface area contributed by atoms with Gasteiger partial charge in [0.05, 0.1) is 30.0 Å². The number of nitrogens with zero attached hydrogens (tertiary/aromatic N) is 2. The number of ether oxygens (including phenoxy) is 1. The van der Waals surface area contributed by atoms with Crippen LogP contribution in [0, 0.1) is 0 Å². The first-order valence-electron chi connectivity index (χ1n) is 8.11. The molecule has 0 atom stereocenters. The van der Waals surface area contributed by atoms with Gasteiger partial charge < -0.3 is 4.74 Å². The third-order valence-corrected chi connectivity index (χ3v) is 4.50. The molecule has 2 aliphatic heterocycles. The lowest BCUT2D eigenvalue weighted by Crippen LogP contribution is -2.35. The van der Waals surface area contributed by atoms with Crippen LogP contribution in [-0.4, -0.2) is 43.0 Å². The molecule has 5 heteroatoms. The summed E-state index contributed by atoms with van der Waals surface area (Å²) < 4.78 is 5.36. The molecule has 2 heterocycles. The summed E-state index contributed by atoms with van der Waals surface area (Å²) in [4.78, 5) is 28.6. The molecule has 2 amide bonds. The molecule has 0 radical (unpaired) electrons. The molecular formula is C19H18N2O3. The molecule has 1 saturated heterocycles. The largest absolute Gasteiger partial charge is 0.379 e. The van der Waals surface area contributed by atoms with Crippen molar-refractivity contribution in [2.45, 2.75) is 6.54 Å². The second kappa shape index (κ2) is 6.19. The summed E-state index contributed by atoms with van der Waals surface area (Å²) >= 11 is 0. The average molecular weight is 322 g/mol. The van der Waals surface area contributed by atoms with Crippen molar-refractivity contribution in [3.05, 3.63) is 65.2 Å². The van der Waals surface area contributed by atoms with Crippen molar-refractivity contribution in [2.24, 2.45) is 0 Å². The molecule has 0 saturated carbocycles. The molecule has 2 aromatic rings. The molecule has 0 N–H and O–H groups in total.